The van der Waals surface area contributed by atoms with Crippen LogP contribution in [0.2, 0.25) is 0 Å². The van der Waals surface area contributed by atoms with Crippen LogP contribution in [0.1, 0.15) is 31.4 Å². The van der Waals surface area contributed by atoms with E-state index in [0.29, 0.717) is 0 Å². The molecule has 3 rings (SSSR count). The summed E-state index contributed by atoms with van der Waals surface area (Å²) in [7, 11) is 0. The molecule has 1 aromatic heterocycles. The van der Waals surface area contributed by atoms with Gasteiger partial charge in [0.25, 0.3) is 0 Å². The van der Waals surface area contributed by atoms with Crippen LogP contribution < -0.4 is 5.32 Å². The lowest BCUT2D eigenvalue weighted by Gasteiger charge is -2.22. The minimum Gasteiger partial charge on any atom is -0.308 e. The Labute approximate surface area is 91.1 Å². The summed E-state index contributed by atoms with van der Waals surface area (Å²) in [4.78, 5) is 4.34. The molecule has 1 aromatic rings. The Morgan fingerprint density at radius 1 is 1.27 bits per heavy atom. The first-order valence-corrected chi connectivity index (χ1v) is 6.05. The van der Waals surface area contributed by atoms with Crippen molar-refractivity contribution < 1.29 is 0 Å². The molecule has 0 aliphatic heterocycles. The molecule has 1 heterocycles. The Bertz CT molecular complexity index is 323. The highest BCUT2D eigenvalue weighted by molar-refractivity contribution is 5.04. The van der Waals surface area contributed by atoms with Crippen molar-refractivity contribution in [2.75, 3.05) is 0 Å². The van der Waals surface area contributed by atoms with Gasteiger partial charge >= 0.3 is 0 Å². The minimum absolute atomic E-state index is 0.769. The Morgan fingerprint density at radius 3 is 2.93 bits per heavy atom. The van der Waals surface area contributed by atoms with Crippen LogP contribution in [-0.2, 0) is 6.54 Å². The van der Waals surface area contributed by atoms with Gasteiger partial charge in [-0.15, -0.1) is 0 Å². The summed E-state index contributed by atoms with van der Waals surface area (Å²) >= 11 is 0. The van der Waals surface area contributed by atoms with E-state index in [4.69, 9.17) is 0 Å². The van der Waals surface area contributed by atoms with Crippen LogP contribution in [0.5, 0.6) is 0 Å². The second-order valence-electron chi connectivity index (χ2n) is 4.98. The van der Waals surface area contributed by atoms with Gasteiger partial charge in [-0.25, -0.2) is 0 Å². The van der Waals surface area contributed by atoms with Crippen molar-refractivity contribution in [2.24, 2.45) is 11.8 Å². The molecule has 0 unspecified atom stereocenters. The van der Waals surface area contributed by atoms with Crippen LogP contribution in [0.4, 0.5) is 0 Å². The van der Waals surface area contributed by atoms with Crippen LogP contribution in [0.25, 0.3) is 0 Å². The molecule has 0 amide bonds. The molecular weight excluding hydrogens is 184 g/mol. The van der Waals surface area contributed by atoms with Crippen LogP contribution in [0, 0.1) is 11.8 Å². The zero-order valence-electron chi connectivity index (χ0n) is 9.02. The molecule has 2 bridgehead atoms. The van der Waals surface area contributed by atoms with Crippen LogP contribution in [-0.4, -0.2) is 11.0 Å². The molecule has 0 aromatic carbocycles. The summed E-state index contributed by atoms with van der Waals surface area (Å²) in [5.41, 5.74) is 1.17. The number of rotatable bonds is 3. The van der Waals surface area contributed by atoms with Gasteiger partial charge in [0, 0.05) is 18.8 Å². The topological polar surface area (TPSA) is 24.9 Å². The van der Waals surface area contributed by atoms with Crippen LogP contribution in [0.3, 0.4) is 0 Å². The van der Waals surface area contributed by atoms with Crippen LogP contribution >= 0.6 is 0 Å². The van der Waals surface area contributed by atoms with E-state index in [-0.39, 0.29) is 0 Å². The van der Waals surface area contributed by atoms with E-state index in [1.807, 2.05) is 12.3 Å². The van der Waals surface area contributed by atoms with E-state index < -0.39 is 0 Å². The largest absolute Gasteiger partial charge is 0.308 e. The predicted octanol–water partition coefficient (Wildman–Crippen LogP) is 2.36. The number of hydrogen-bond acceptors (Lipinski definition) is 2. The van der Waals surface area contributed by atoms with Crippen molar-refractivity contribution in [3.8, 4) is 0 Å². The monoisotopic (exact) mass is 202 g/mol. The van der Waals surface area contributed by atoms with Gasteiger partial charge in [0.15, 0.2) is 0 Å². The smallest absolute Gasteiger partial charge is 0.0541 e. The summed E-state index contributed by atoms with van der Waals surface area (Å²) in [6.07, 6.45) is 7.67. The average molecular weight is 202 g/mol. The fourth-order valence-electron chi connectivity index (χ4n) is 3.23. The van der Waals surface area contributed by atoms with Gasteiger partial charge in [-0.3, -0.25) is 4.98 Å². The van der Waals surface area contributed by atoms with Gasteiger partial charge in [0.05, 0.1) is 5.69 Å². The number of pyridine rings is 1. The zero-order chi connectivity index (χ0) is 10.1. The summed E-state index contributed by atoms with van der Waals surface area (Å²) < 4.78 is 0. The quantitative estimate of drug-likeness (QED) is 0.814. The van der Waals surface area contributed by atoms with Crippen molar-refractivity contribution in [3.05, 3.63) is 30.1 Å². The van der Waals surface area contributed by atoms with E-state index >= 15 is 0 Å². The standard InChI is InChI=1S/C13H18N2/c1-2-6-14-12(3-1)9-15-13-8-10-4-5-11(13)7-10/h1-3,6,10-11,13,15H,4-5,7-9H2/t10-,11+,13-/m0/s1. The van der Waals surface area contributed by atoms with E-state index in [1.165, 1.54) is 31.4 Å². The molecule has 2 aliphatic carbocycles. The highest BCUT2D eigenvalue weighted by atomic mass is 14.9. The van der Waals surface area contributed by atoms with Crippen molar-refractivity contribution in [1.29, 1.82) is 0 Å². The van der Waals surface area contributed by atoms with Crippen LogP contribution in [0.15, 0.2) is 24.4 Å². The first-order valence-electron chi connectivity index (χ1n) is 6.05. The van der Waals surface area contributed by atoms with Gasteiger partial charge in [0.1, 0.15) is 0 Å². The summed E-state index contributed by atoms with van der Waals surface area (Å²) in [5, 5.41) is 3.67. The number of fused-ring (bicyclic) bond motifs is 2. The molecule has 2 fully saturated rings. The molecule has 80 valence electrons. The second-order valence-corrected chi connectivity index (χ2v) is 4.98. The summed E-state index contributed by atoms with van der Waals surface area (Å²) in [5.74, 6) is 1.98. The molecule has 2 aliphatic rings. The summed E-state index contributed by atoms with van der Waals surface area (Å²) in [6.45, 7) is 0.939. The molecule has 1 N–H and O–H groups in total. The third-order valence-electron chi connectivity index (χ3n) is 4.01. The predicted molar refractivity (Wildman–Crippen MR) is 60.3 cm³/mol. The molecule has 3 atom stereocenters. The highest BCUT2D eigenvalue weighted by Gasteiger charge is 2.38. The van der Waals surface area contributed by atoms with Gasteiger partial charge in [-0.1, -0.05) is 12.5 Å². The lowest BCUT2D eigenvalue weighted by Crippen LogP contribution is -2.33. The van der Waals surface area contributed by atoms with Crippen molar-refractivity contribution >= 4 is 0 Å². The van der Waals surface area contributed by atoms with E-state index in [2.05, 4.69) is 22.4 Å². The zero-order valence-corrected chi connectivity index (χ0v) is 9.02. The lowest BCUT2D eigenvalue weighted by molar-refractivity contribution is 0.349. The Balaban J connectivity index is 1.55. The number of hydrogen-bond donors (Lipinski definition) is 1. The molecule has 2 saturated carbocycles. The molecule has 15 heavy (non-hydrogen) atoms. The second kappa shape index (κ2) is 3.93. The lowest BCUT2D eigenvalue weighted by atomic mass is 9.95. The maximum atomic E-state index is 4.34. The van der Waals surface area contributed by atoms with Gasteiger partial charge in [-0.05, 0) is 43.2 Å². The fourth-order valence-corrected chi connectivity index (χ4v) is 3.23. The Hall–Kier alpha value is -0.890. The number of aromatic nitrogens is 1. The molecule has 0 spiro atoms. The molecular formula is C13H18N2. The van der Waals surface area contributed by atoms with E-state index in [1.54, 1.807) is 0 Å². The van der Waals surface area contributed by atoms with E-state index in [0.717, 1.165) is 24.4 Å². The normalized spacial score (nSPS) is 33.5. The average Bonchev–Trinajstić information content (AvgIpc) is 2.89. The summed E-state index contributed by atoms with van der Waals surface area (Å²) in [6, 6.07) is 6.90. The van der Waals surface area contributed by atoms with Gasteiger partial charge in [0.2, 0.25) is 0 Å². The Morgan fingerprint density at radius 2 is 2.27 bits per heavy atom. The Kier molecular flexibility index (Phi) is 2.45. The maximum absolute atomic E-state index is 4.34. The molecule has 2 nitrogen and oxygen atoms in total. The number of nitrogens with one attached hydrogen (secondary N) is 1. The van der Waals surface area contributed by atoms with Crippen molar-refractivity contribution in [3.63, 3.8) is 0 Å². The molecule has 0 radical (unpaired) electrons. The SMILES string of the molecule is c1ccc(CN[C@H]2C[C@H]3CC[C@@H]2C3)nc1. The van der Waals surface area contributed by atoms with Gasteiger partial charge < -0.3 is 5.32 Å². The third kappa shape index (κ3) is 1.91. The minimum atomic E-state index is 0.769. The third-order valence-corrected chi connectivity index (χ3v) is 4.01. The maximum Gasteiger partial charge on any atom is 0.0541 e. The fraction of sp³-hybridized carbons (Fsp3) is 0.615. The first-order chi connectivity index (χ1) is 7.42. The highest BCUT2D eigenvalue weighted by Crippen LogP contribution is 2.44. The van der Waals surface area contributed by atoms with E-state index in [9.17, 15) is 0 Å². The first kappa shape index (κ1) is 9.34. The molecule has 2 heteroatoms. The van der Waals surface area contributed by atoms with Gasteiger partial charge in [-0.2, -0.15) is 0 Å². The van der Waals surface area contributed by atoms with Crippen molar-refractivity contribution in [2.45, 2.75) is 38.3 Å². The molecule has 0 saturated heterocycles. The number of nitrogens with zero attached hydrogens (tertiary/aromatic N) is 1. The van der Waals surface area contributed by atoms with Crippen molar-refractivity contribution in [1.82, 2.24) is 10.3 Å².